The Morgan fingerprint density at radius 1 is 1.19 bits per heavy atom. The van der Waals surface area contributed by atoms with Crippen LogP contribution in [0.15, 0.2) is 47.1 Å². The number of amides is 1. The molecule has 2 aromatic rings. The molecule has 2 heterocycles. The molecule has 0 aliphatic carbocycles. The highest BCUT2D eigenvalue weighted by molar-refractivity contribution is 5.77. The molecular formula is C20H27N3O3. The molecule has 140 valence electrons. The second kappa shape index (κ2) is 9.52. The molecule has 1 amide bonds. The number of morpholine rings is 1. The summed E-state index contributed by atoms with van der Waals surface area (Å²) >= 11 is 0. The number of carbonyl (C=O) groups is 1. The van der Waals surface area contributed by atoms with Crippen LogP contribution in [0.3, 0.4) is 0 Å². The average molecular weight is 357 g/mol. The van der Waals surface area contributed by atoms with Crippen LogP contribution >= 0.6 is 0 Å². The lowest BCUT2D eigenvalue weighted by atomic mass is 10.0. The molecule has 1 saturated heterocycles. The van der Waals surface area contributed by atoms with Gasteiger partial charge < -0.3 is 19.8 Å². The van der Waals surface area contributed by atoms with Crippen LogP contribution in [0.1, 0.15) is 22.9 Å². The van der Waals surface area contributed by atoms with Crippen LogP contribution < -0.4 is 10.6 Å². The number of rotatable bonds is 8. The van der Waals surface area contributed by atoms with E-state index in [0.717, 1.165) is 38.6 Å². The summed E-state index contributed by atoms with van der Waals surface area (Å²) < 4.78 is 10.7. The topological polar surface area (TPSA) is 66.7 Å². The van der Waals surface area contributed by atoms with E-state index in [4.69, 9.17) is 9.15 Å². The van der Waals surface area contributed by atoms with Crippen LogP contribution in [0.2, 0.25) is 0 Å². The van der Waals surface area contributed by atoms with E-state index in [-0.39, 0.29) is 18.5 Å². The summed E-state index contributed by atoms with van der Waals surface area (Å²) in [6, 6.07) is 12.3. The van der Waals surface area contributed by atoms with Crippen LogP contribution in [0.4, 0.5) is 0 Å². The Labute approximate surface area is 154 Å². The van der Waals surface area contributed by atoms with E-state index >= 15 is 0 Å². The van der Waals surface area contributed by atoms with E-state index in [9.17, 15) is 4.79 Å². The second-order valence-electron chi connectivity index (χ2n) is 6.61. The van der Waals surface area contributed by atoms with Crippen molar-refractivity contribution in [1.29, 1.82) is 0 Å². The summed E-state index contributed by atoms with van der Waals surface area (Å²) in [6.45, 7) is 7.00. The van der Waals surface area contributed by atoms with Gasteiger partial charge in [0.25, 0.3) is 0 Å². The van der Waals surface area contributed by atoms with Crippen molar-refractivity contribution in [2.75, 3.05) is 39.4 Å². The highest BCUT2D eigenvalue weighted by Crippen LogP contribution is 2.16. The summed E-state index contributed by atoms with van der Waals surface area (Å²) in [7, 11) is 0. The van der Waals surface area contributed by atoms with E-state index in [0.29, 0.717) is 6.54 Å². The summed E-state index contributed by atoms with van der Waals surface area (Å²) in [6.07, 6.45) is 1.61. The highest BCUT2D eigenvalue weighted by Gasteiger charge is 2.19. The third-order valence-electron chi connectivity index (χ3n) is 4.57. The van der Waals surface area contributed by atoms with Gasteiger partial charge in [-0.25, -0.2) is 0 Å². The van der Waals surface area contributed by atoms with Crippen molar-refractivity contribution in [2.45, 2.75) is 19.5 Å². The third kappa shape index (κ3) is 5.69. The summed E-state index contributed by atoms with van der Waals surface area (Å²) in [4.78, 5) is 14.5. The molecular weight excluding hydrogens is 330 g/mol. The molecule has 26 heavy (non-hydrogen) atoms. The largest absolute Gasteiger partial charge is 0.467 e. The molecule has 6 heteroatoms. The Kier molecular flexibility index (Phi) is 6.82. The third-order valence-corrected chi connectivity index (χ3v) is 4.57. The lowest BCUT2D eigenvalue weighted by Crippen LogP contribution is -2.44. The predicted octanol–water partition coefficient (Wildman–Crippen LogP) is 1.87. The first-order chi connectivity index (χ1) is 12.7. The monoisotopic (exact) mass is 357 g/mol. The van der Waals surface area contributed by atoms with Gasteiger partial charge in [-0.05, 0) is 24.6 Å². The maximum atomic E-state index is 12.2. The standard InChI is InChI=1S/C20H27N3O3/c1-16-4-6-17(7-5-16)19(15-23-8-11-25-12-9-23)21-14-20(24)22-13-18-3-2-10-26-18/h2-7,10,19,21H,8-9,11-15H2,1H3,(H,22,24)/t19-/m1/s1. The zero-order valence-corrected chi connectivity index (χ0v) is 15.2. The van der Waals surface area contributed by atoms with Crippen LogP contribution in [0, 0.1) is 6.92 Å². The van der Waals surface area contributed by atoms with Gasteiger partial charge in [-0.2, -0.15) is 0 Å². The van der Waals surface area contributed by atoms with Crippen LogP contribution in [0.5, 0.6) is 0 Å². The van der Waals surface area contributed by atoms with E-state index in [1.165, 1.54) is 11.1 Å². The minimum Gasteiger partial charge on any atom is -0.467 e. The molecule has 0 spiro atoms. The van der Waals surface area contributed by atoms with E-state index in [2.05, 4.69) is 46.7 Å². The SMILES string of the molecule is Cc1ccc([C@@H](CN2CCOCC2)NCC(=O)NCc2ccco2)cc1. The average Bonchev–Trinajstić information content (AvgIpc) is 3.19. The predicted molar refractivity (Wildman–Crippen MR) is 99.7 cm³/mol. The van der Waals surface area contributed by atoms with Gasteiger partial charge in [-0.15, -0.1) is 0 Å². The number of aryl methyl sites for hydroxylation is 1. The quantitative estimate of drug-likeness (QED) is 0.755. The zero-order chi connectivity index (χ0) is 18.2. The highest BCUT2D eigenvalue weighted by atomic mass is 16.5. The molecule has 0 unspecified atom stereocenters. The fourth-order valence-corrected chi connectivity index (χ4v) is 3.01. The first-order valence-corrected chi connectivity index (χ1v) is 9.10. The zero-order valence-electron chi connectivity index (χ0n) is 15.2. The second-order valence-corrected chi connectivity index (χ2v) is 6.61. The van der Waals surface area contributed by atoms with Gasteiger partial charge in [0.15, 0.2) is 0 Å². The molecule has 1 aliphatic rings. The maximum Gasteiger partial charge on any atom is 0.234 e. The van der Waals surface area contributed by atoms with Crippen molar-refractivity contribution in [3.63, 3.8) is 0 Å². The Hall–Kier alpha value is -2.15. The van der Waals surface area contributed by atoms with Gasteiger partial charge in [-0.1, -0.05) is 29.8 Å². The van der Waals surface area contributed by atoms with Gasteiger partial charge in [0, 0.05) is 25.7 Å². The Balaban J connectivity index is 1.55. The van der Waals surface area contributed by atoms with Gasteiger partial charge in [-0.3, -0.25) is 9.69 Å². The first kappa shape index (κ1) is 18.6. The maximum absolute atomic E-state index is 12.2. The molecule has 0 saturated carbocycles. The number of nitrogens with one attached hydrogen (secondary N) is 2. The van der Waals surface area contributed by atoms with Crippen molar-refractivity contribution in [1.82, 2.24) is 15.5 Å². The summed E-state index contributed by atoms with van der Waals surface area (Å²) in [5, 5.41) is 6.28. The summed E-state index contributed by atoms with van der Waals surface area (Å²) in [5.74, 6) is 0.710. The number of hydrogen-bond acceptors (Lipinski definition) is 5. The van der Waals surface area contributed by atoms with Crippen molar-refractivity contribution < 1.29 is 13.9 Å². The lowest BCUT2D eigenvalue weighted by Gasteiger charge is -2.31. The minimum atomic E-state index is -0.0412. The molecule has 1 aliphatic heterocycles. The van der Waals surface area contributed by atoms with Crippen LogP contribution in [0.25, 0.3) is 0 Å². The number of benzene rings is 1. The number of furan rings is 1. The Bertz CT molecular complexity index is 664. The normalized spacial score (nSPS) is 16.3. The van der Waals surface area contributed by atoms with Gasteiger partial charge in [0.05, 0.1) is 32.6 Å². The molecule has 0 radical (unpaired) electrons. The molecule has 1 aromatic heterocycles. The first-order valence-electron chi connectivity index (χ1n) is 9.10. The molecule has 3 rings (SSSR count). The number of nitrogens with zero attached hydrogens (tertiary/aromatic N) is 1. The molecule has 1 atom stereocenters. The molecule has 0 bridgehead atoms. The smallest absolute Gasteiger partial charge is 0.234 e. The van der Waals surface area contributed by atoms with Crippen LogP contribution in [-0.4, -0.2) is 50.2 Å². The van der Waals surface area contributed by atoms with Crippen LogP contribution in [-0.2, 0) is 16.1 Å². The number of hydrogen-bond donors (Lipinski definition) is 2. The Morgan fingerprint density at radius 3 is 2.65 bits per heavy atom. The minimum absolute atomic E-state index is 0.0412. The van der Waals surface area contributed by atoms with Crippen molar-refractivity contribution in [3.8, 4) is 0 Å². The fourth-order valence-electron chi connectivity index (χ4n) is 3.01. The van der Waals surface area contributed by atoms with Crippen molar-refractivity contribution >= 4 is 5.91 Å². The number of ether oxygens (including phenoxy) is 1. The van der Waals surface area contributed by atoms with Gasteiger partial charge in [0.2, 0.25) is 5.91 Å². The van der Waals surface area contributed by atoms with Crippen molar-refractivity contribution in [2.24, 2.45) is 0 Å². The van der Waals surface area contributed by atoms with Crippen molar-refractivity contribution in [3.05, 3.63) is 59.5 Å². The molecule has 2 N–H and O–H groups in total. The summed E-state index contributed by atoms with van der Waals surface area (Å²) in [5.41, 5.74) is 2.43. The molecule has 1 fully saturated rings. The fraction of sp³-hybridized carbons (Fsp3) is 0.450. The lowest BCUT2D eigenvalue weighted by molar-refractivity contribution is -0.120. The Morgan fingerprint density at radius 2 is 1.96 bits per heavy atom. The van der Waals surface area contributed by atoms with E-state index in [1.54, 1.807) is 6.26 Å². The van der Waals surface area contributed by atoms with Gasteiger partial charge in [0.1, 0.15) is 5.76 Å². The number of carbonyl (C=O) groups excluding carboxylic acids is 1. The van der Waals surface area contributed by atoms with E-state index in [1.807, 2.05) is 12.1 Å². The molecule has 6 nitrogen and oxygen atoms in total. The van der Waals surface area contributed by atoms with Gasteiger partial charge >= 0.3 is 0 Å². The van der Waals surface area contributed by atoms with E-state index < -0.39 is 0 Å². The molecule has 1 aromatic carbocycles.